The summed E-state index contributed by atoms with van der Waals surface area (Å²) >= 11 is 12.2. The summed E-state index contributed by atoms with van der Waals surface area (Å²) in [5.41, 5.74) is 2.75. The molecule has 0 aliphatic heterocycles. The first-order valence-corrected chi connectivity index (χ1v) is 12.1. The van der Waals surface area contributed by atoms with Crippen molar-refractivity contribution in [1.29, 1.82) is 0 Å². The Hall–Kier alpha value is -1.22. The lowest BCUT2D eigenvalue weighted by Crippen LogP contribution is -2.54. The summed E-state index contributed by atoms with van der Waals surface area (Å²) in [5, 5.41) is 5.17. The van der Waals surface area contributed by atoms with Crippen molar-refractivity contribution in [3.05, 3.63) is 63.6 Å². The molecular weight excluding hydrogens is 413 g/mol. The predicted octanol–water partition coefficient (Wildman–Crippen LogP) is 7.27. The summed E-state index contributed by atoms with van der Waals surface area (Å²) in [6.45, 7) is 3.76. The highest BCUT2D eigenvalue weighted by atomic mass is 35.5. The van der Waals surface area contributed by atoms with Gasteiger partial charge in [-0.25, -0.2) is 0 Å². The number of hydrogen-bond acceptors (Lipinski definition) is 2. The van der Waals surface area contributed by atoms with Gasteiger partial charge in [-0.05, 0) is 98.4 Å². The molecule has 4 heteroatoms. The van der Waals surface area contributed by atoms with Crippen molar-refractivity contribution < 1.29 is 4.74 Å². The van der Waals surface area contributed by atoms with E-state index in [-0.39, 0.29) is 0 Å². The number of hydrogen-bond donors (Lipinski definition) is 1. The van der Waals surface area contributed by atoms with Gasteiger partial charge in [-0.3, -0.25) is 0 Å². The summed E-state index contributed by atoms with van der Waals surface area (Å²) in [6.07, 6.45) is 8.84. The average molecular weight is 444 g/mol. The summed E-state index contributed by atoms with van der Waals surface area (Å²) in [6, 6.07) is 14.5. The Bertz CT molecular complexity index is 876. The lowest BCUT2D eigenvalue weighted by Gasteiger charge is -2.59. The SMILES string of the molecule is CC(NCc1cccc(OCc2ccc(Cl)cc2Cl)c1)C12CC3CC(CC(C3)C1)C2. The first-order chi connectivity index (χ1) is 14.5. The van der Waals surface area contributed by atoms with E-state index in [2.05, 4.69) is 30.4 Å². The molecule has 1 unspecified atom stereocenters. The molecule has 0 spiro atoms. The Labute approximate surface area is 190 Å². The molecule has 0 radical (unpaired) electrons. The van der Waals surface area contributed by atoms with Gasteiger partial charge in [-0.15, -0.1) is 0 Å². The van der Waals surface area contributed by atoms with Gasteiger partial charge in [-0.2, -0.15) is 0 Å². The summed E-state index contributed by atoms with van der Waals surface area (Å²) in [7, 11) is 0. The maximum absolute atomic E-state index is 6.27. The first kappa shape index (κ1) is 20.7. The van der Waals surface area contributed by atoms with E-state index in [1.165, 1.54) is 44.1 Å². The van der Waals surface area contributed by atoms with Gasteiger partial charge in [0.15, 0.2) is 0 Å². The molecule has 2 nitrogen and oxygen atoms in total. The fourth-order valence-corrected chi connectivity index (χ4v) is 7.20. The summed E-state index contributed by atoms with van der Waals surface area (Å²) < 4.78 is 6.01. The van der Waals surface area contributed by atoms with Crippen molar-refractivity contribution in [2.75, 3.05) is 0 Å². The normalized spacial score (nSPS) is 30.4. The van der Waals surface area contributed by atoms with Crippen LogP contribution in [0.2, 0.25) is 10.0 Å². The van der Waals surface area contributed by atoms with E-state index < -0.39 is 0 Å². The first-order valence-electron chi connectivity index (χ1n) is 11.4. The van der Waals surface area contributed by atoms with Gasteiger partial charge in [0, 0.05) is 28.2 Å². The zero-order chi connectivity index (χ0) is 20.7. The van der Waals surface area contributed by atoms with Crippen LogP contribution < -0.4 is 10.1 Å². The van der Waals surface area contributed by atoms with Gasteiger partial charge in [0.2, 0.25) is 0 Å². The zero-order valence-electron chi connectivity index (χ0n) is 17.7. The van der Waals surface area contributed by atoms with Gasteiger partial charge < -0.3 is 10.1 Å². The average Bonchev–Trinajstić information content (AvgIpc) is 2.71. The van der Waals surface area contributed by atoms with Crippen molar-refractivity contribution in [2.24, 2.45) is 23.2 Å². The van der Waals surface area contributed by atoms with Crippen LogP contribution in [-0.4, -0.2) is 6.04 Å². The second-order valence-electron chi connectivity index (χ2n) is 10.1. The minimum Gasteiger partial charge on any atom is -0.489 e. The smallest absolute Gasteiger partial charge is 0.120 e. The molecule has 4 aliphatic carbocycles. The molecule has 4 fully saturated rings. The Morgan fingerprint density at radius 1 is 1.00 bits per heavy atom. The van der Waals surface area contributed by atoms with Gasteiger partial charge in [-0.1, -0.05) is 41.4 Å². The fraction of sp³-hybridized carbons (Fsp3) is 0.538. The highest BCUT2D eigenvalue weighted by Crippen LogP contribution is 2.61. The van der Waals surface area contributed by atoms with Crippen molar-refractivity contribution in [2.45, 2.75) is 64.6 Å². The number of benzene rings is 2. The maximum atomic E-state index is 6.27. The molecule has 0 heterocycles. The monoisotopic (exact) mass is 443 g/mol. The number of rotatable bonds is 7. The summed E-state index contributed by atoms with van der Waals surface area (Å²) in [5.74, 6) is 3.87. The second kappa shape index (κ2) is 8.37. The van der Waals surface area contributed by atoms with Gasteiger partial charge in [0.25, 0.3) is 0 Å². The molecule has 4 saturated carbocycles. The van der Waals surface area contributed by atoms with Crippen LogP contribution >= 0.6 is 23.2 Å². The van der Waals surface area contributed by atoms with E-state index >= 15 is 0 Å². The van der Waals surface area contributed by atoms with Crippen LogP contribution in [0.4, 0.5) is 0 Å². The predicted molar refractivity (Wildman–Crippen MR) is 124 cm³/mol. The number of halogens is 2. The maximum Gasteiger partial charge on any atom is 0.120 e. The van der Waals surface area contributed by atoms with E-state index in [4.69, 9.17) is 27.9 Å². The third-order valence-corrected chi connectivity index (χ3v) is 8.51. The third-order valence-electron chi connectivity index (χ3n) is 7.92. The molecule has 1 atom stereocenters. The van der Waals surface area contributed by atoms with Crippen molar-refractivity contribution in [3.8, 4) is 5.75 Å². The Kier molecular flexibility index (Phi) is 5.77. The molecule has 4 aliphatic rings. The molecule has 6 rings (SSSR count). The molecular formula is C26H31Cl2NO. The van der Waals surface area contributed by atoms with Crippen molar-refractivity contribution in [1.82, 2.24) is 5.32 Å². The molecule has 160 valence electrons. The van der Waals surface area contributed by atoms with Crippen LogP contribution in [0.5, 0.6) is 5.75 Å². The summed E-state index contributed by atoms with van der Waals surface area (Å²) in [4.78, 5) is 0. The van der Waals surface area contributed by atoms with E-state index in [0.717, 1.165) is 35.6 Å². The van der Waals surface area contributed by atoms with Crippen LogP contribution in [0.25, 0.3) is 0 Å². The molecule has 1 N–H and O–H groups in total. The molecule has 2 aromatic carbocycles. The van der Waals surface area contributed by atoms with Gasteiger partial charge in [0.1, 0.15) is 12.4 Å². The van der Waals surface area contributed by atoms with Crippen LogP contribution in [-0.2, 0) is 13.2 Å². The highest BCUT2D eigenvalue weighted by Gasteiger charge is 2.52. The van der Waals surface area contributed by atoms with Crippen molar-refractivity contribution >= 4 is 23.2 Å². The Balaban J connectivity index is 1.19. The van der Waals surface area contributed by atoms with Gasteiger partial charge in [0.05, 0.1) is 0 Å². The minimum absolute atomic E-state index is 0.441. The second-order valence-corrected chi connectivity index (χ2v) is 10.9. The largest absolute Gasteiger partial charge is 0.489 e. The third kappa shape index (κ3) is 4.24. The minimum atomic E-state index is 0.441. The van der Waals surface area contributed by atoms with E-state index in [1.807, 2.05) is 18.2 Å². The molecule has 4 bridgehead atoms. The molecule has 0 saturated heterocycles. The quantitative estimate of drug-likeness (QED) is 0.485. The van der Waals surface area contributed by atoms with Crippen LogP contribution in [0.1, 0.15) is 56.6 Å². The molecule has 0 amide bonds. The van der Waals surface area contributed by atoms with Crippen LogP contribution in [0, 0.1) is 23.2 Å². The highest BCUT2D eigenvalue weighted by molar-refractivity contribution is 6.35. The number of nitrogens with one attached hydrogen (secondary N) is 1. The molecule has 30 heavy (non-hydrogen) atoms. The van der Waals surface area contributed by atoms with Crippen molar-refractivity contribution in [3.63, 3.8) is 0 Å². The zero-order valence-corrected chi connectivity index (χ0v) is 19.2. The molecule has 0 aromatic heterocycles. The van der Waals surface area contributed by atoms with Gasteiger partial charge >= 0.3 is 0 Å². The topological polar surface area (TPSA) is 21.3 Å². The van der Waals surface area contributed by atoms with E-state index in [9.17, 15) is 0 Å². The van der Waals surface area contributed by atoms with E-state index in [1.54, 1.807) is 6.07 Å². The number of ether oxygens (including phenoxy) is 1. The Morgan fingerprint density at radius 3 is 2.37 bits per heavy atom. The standard InChI is InChI=1S/C26H31Cl2NO/c1-17(26-12-19-7-20(13-26)9-21(8-19)14-26)29-15-18-3-2-4-24(10-18)30-16-22-5-6-23(27)11-25(22)28/h2-6,10-11,17,19-21,29H,7-9,12-16H2,1H3. The molecule has 2 aromatic rings. The van der Waals surface area contributed by atoms with Crippen LogP contribution in [0.15, 0.2) is 42.5 Å². The Morgan fingerprint density at radius 2 is 1.70 bits per heavy atom. The fourth-order valence-electron chi connectivity index (χ4n) is 6.74. The van der Waals surface area contributed by atoms with E-state index in [0.29, 0.717) is 28.1 Å². The lowest BCUT2D eigenvalue weighted by atomic mass is 9.48. The van der Waals surface area contributed by atoms with Crippen LogP contribution in [0.3, 0.4) is 0 Å². The lowest BCUT2D eigenvalue weighted by molar-refractivity contribution is -0.0706.